The number of rotatable bonds is 10. The number of nitrogens with one attached hydrogen (secondary N) is 2. The van der Waals surface area contributed by atoms with Gasteiger partial charge in [0.25, 0.3) is 11.8 Å². The van der Waals surface area contributed by atoms with Crippen molar-refractivity contribution in [1.29, 1.82) is 0 Å². The summed E-state index contributed by atoms with van der Waals surface area (Å²) >= 11 is 9.09. The minimum atomic E-state index is -0.258. The molecule has 2 N–H and O–H groups in total. The van der Waals surface area contributed by atoms with E-state index >= 15 is 0 Å². The molecule has 2 amide bonds. The fourth-order valence-electron chi connectivity index (χ4n) is 3.27. The second-order valence-corrected chi connectivity index (χ2v) is 10.1. The van der Waals surface area contributed by atoms with E-state index in [9.17, 15) is 9.59 Å². The van der Waals surface area contributed by atoms with E-state index in [4.69, 9.17) is 16.3 Å². The molecule has 0 saturated carbocycles. The van der Waals surface area contributed by atoms with Crippen molar-refractivity contribution in [2.24, 2.45) is 0 Å². The Morgan fingerprint density at radius 3 is 2.64 bits per heavy atom. The van der Waals surface area contributed by atoms with Gasteiger partial charge in [0.05, 0.1) is 12.7 Å². The number of aromatic nitrogens is 2. The molecule has 0 aliphatic rings. The Kier molecular flexibility index (Phi) is 8.94. The number of carbonyl (C=O) groups is 2. The van der Waals surface area contributed by atoms with Crippen LogP contribution in [0.5, 0.6) is 5.75 Å². The fraction of sp³-hybridized carbons (Fsp3) is 0.154. The summed E-state index contributed by atoms with van der Waals surface area (Å²) in [7, 11) is 1.56. The molecule has 0 spiro atoms. The highest BCUT2D eigenvalue weighted by Crippen LogP contribution is 2.29. The molecule has 3 aromatic carbocycles. The van der Waals surface area contributed by atoms with E-state index in [0.29, 0.717) is 50.8 Å². The number of nitrogens with zero attached hydrogens (tertiary/aromatic N) is 2. The van der Waals surface area contributed by atoms with Crippen LogP contribution in [0, 0.1) is 0 Å². The lowest BCUT2D eigenvalue weighted by molar-refractivity contribution is 0.0952. The third-order valence-electron chi connectivity index (χ3n) is 5.12. The van der Waals surface area contributed by atoms with Gasteiger partial charge in [-0.3, -0.25) is 14.9 Å². The second kappa shape index (κ2) is 12.5. The minimum absolute atomic E-state index is 0.196. The maximum absolute atomic E-state index is 13.0. The van der Waals surface area contributed by atoms with Crippen LogP contribution in [-0.2, 0) is 12.2 Å². The van der Waals surface area contributed by atoms with Crippen LogP contribution in [0.15, 0.2) is 77.7 Å². The van der Waals surface area contributed by atoms with Crippen LogP contribution < -0.4 is 15.4 Å². The zero-order chi connectivity index (χ0) is 25.3. The van der Waals surface area contributed by atoms with Gasteiger partial charge in [-0.2, -0.15) is 0 Å². The first kappa shape index (κ1) is 25.7. The van der Waals surface area contributed by atoms with Crippen molar-refractivity contribution in [3.05, 3.63) is 99.5 Å². The second-order valence-electron chi connectivity index (χ2n) is 7.57. The number of halogens is 1. The van der Waals surface area contributed by atoms with Gasteiger partial charge in [-0.05, 0) is 42.0 Å². The van der Waals surface area contributed by atoms with Crippen LogP contribution in [0.4, 0.5) is 5.13 Å². The average Bonchev–Trinajstić information content (AvgIpc) is 3.35. The van der Waals surface area contributed by atoms with E-state index in [1.54, 1.807) is 49.2 Å². The lowest BCUT2D eigenvalue weighted by atomic mass is 10.2. The normalized spacial score (nSPS) is 10.6. The molecule has 0 bridgehead atoms. The van der Waals surface area contributed by atoms with Crippen molar-refractivity contribution < 1.29 is 14.3 Å². The molecule has 1 aromatic heterocycles. The molecule has 0 fully saturated rings. The van der Waals surface area contributed by atoms with Crippen LogP contribution in [-0.4, -0.2) is 35.7 Å². The summed E-state index contributed by atoms with van der Waals surface area (Å²) in [6, 6.07) is 22.0. The van der Waals surface area contributed by atoms with Crippen LogP contribution in [0.3, 0.4) is 0 Å². The highest BCUT2D eigenvalue weighted by molar-refractivity contribution is 7.98. The van der Waals surface area contributed by atoms with Gasteiger partial charge in [-0.15, -0.1) is 22.0 Å². The maximum Gasteiger partial charge on any atom is 0.258 e. The standard InChI is InChI=1S/C26H23ClN4O3S2/c1-34-19-9-6-8-17(15-19)24(32)28-14-13-23-30-31-26(36-23)29-25(33)20-10-3-5-12-22(20)35-16-18-7-2-4-11-21(18)27/h2-12,15H,13-14,16H2,1H3,(H,28,32)(H,29,31,33). The van der Waals surface area contributed by atoms with Gasteiger partial charge in [0.1, 0.15) is 10.8 Å². The number of amides is 2. The Morgan fingerprint density at radius 1 is 1.00 bits per heavy atom. The molecule has 0 atom stereocenters. The first-order valence-electron chi connectivity index (χ1n) is 11.0. The Hall–Kier alpha value is -3.40. The highest BCUT2D eigenvalue weighted by Gasteiger charge is 2.15. The lowest BCUT2D eigenvalue weighted by Crippen LogP contribution is -2.25. The summed E-state index contributed by atoms with van der Waals surface area (Å²) in [6.45, 7) is 0.389. The predicted octanol–water partition coefficient (Wildman–Crippen LogP) is 5.72. The summed E-state index contributed by atoms with van der Waals surface area (Å²) < 4.78 is 5.15. The molecule has 1 heterocycles. The number of anilines is 1. The van der Waals surface area contributed by atoms with Crippen molar-refractivity contribution in [3.63, 3.8) is 0 Å². The van der Waals surface area contributed by atoms with Gasteiger partial charge in [0.15, 0.2) is 0 Å². The molecule has 0 aliphatic heterocycles. The van der Waals surface area contributed by atoms with Gasteiger partial charge in [-0.1, -0.05) is 59.3 Å². The number of benzene rings is 3. The van der Waals surface area contributed by atoms with Crippen molar-refractivity contribution in [2.75, 3.05) is 19.0 Å². The van der Waals surface area contributed by atoms with Gasteiger partial charge < -0.3 is 10.1 Å². The topological polar surface area (TPSA) is 93.2 Å². The van der Waals surface area contributed by atoms with E-state index in [-0.39, 0.29) is 11.8 Å². The van der Waals surface area contributed by atoms with E-state index < -0.39 is 0 Å². The summed E-state index contributed by atoms with van der Waals surface area (Å²) in [5.74, 6) is 0.814. The molecule has 4 aromatic rings. The highest BCUT2D eigenvalue weighted by atomic mass is 35.5. The first-order chi connectivity index (χ1) is 17.5. The van der Waals surface area contributed by atoms with Crippen LogP contribution >= 0.6 is 34.7 Å². The lowest BCUT2D eigenvalue weighted by Gasteiger charge is -2.09. The molecule has 0 saturated heterocycles. The van der Waals surface area contributed by atoms with Gasteiger partial charge in [0.2, 0.25) is 5.13 Å². The summed E-state index contributed by atoms with van der Waals surface area (Å²) in [5.41, 5.74) is 2.08. The Morgan fingerprint density at radius 2 is 1.81 bits per heavy atom. The maximum atomic E-state index is 13.0. The molecular formula is C26H23ClN4O3S2. The number of hydrogen-bond acceptors (Lipinski definition) is 7. The minimum Gasteiger partial charge on any atom is -0.497 e. The number of methoxy groups -OCH3 is 1. The molecule has 4 rings (SSSR count). The third-order valence-corrected chi connectivity index (χ3v) is 7.51. The van der Waals surface area contributed by atoms with Gasteiger partial charge in [-0.25, -0.2) is 0 Å². The van der Waals surface area contributed by atoms with E-state index in [1.165, 1.54) is 11.3 Å². The quantitative estimate of drug-likeness (QED) is 0.251. The molecule has 184 valence electrons. The van der Waals surface area contributed by atoms with Gasteiger partial charge in [0, 0.05) is 34.2 Å². The monoisotopic (exact) mass is 538 g/mol. The summed E-state index contributed by atoms with van der Waals surface area (Å²) in [4.78, 5) is 26.1. The zero-order valence-electron chi connectivity index (χ0n) is 19.4. The Labute approximate surface area is 222 Å². The van der Waals surface area contributed by atoms with E-state index in [0.717, 1.165) is 10.5 Å². The van der Waals surface area contributed by atoms with Crippen LogP contribution in [0.1, 0.15) is 31.3 Å². The molecule has 0 radical (unpaired) electrons. The van der Waals surface area contributed by atoms with Gasteiger partial charge >= 0.3 is 0 Å². The van der Waals surface area contributed by atoms with Crippen molar-refractivity contribution in [1.82, 2.24) is 15.5 Å². The smallest absolute Gasteiger partial charge is 0.258 e. The SMILES string of the molecule is COc1cccc(C(=O)NCCc2nnc(NC(=O)c3ccccc3SCc3ccccc3Cl)s2)c1. The predicted molar refractivity (Wildman–Crippen MR) is 144 cm³/mol. The average molecular weight is 539 g/mol. The largest absolute Gasteiger partial charge is 0.497 e. The van der Waals surface area contributed by atoms with Crippen LogP contribution in [0.25, 0.3) is 0 Å². The summed E-state index contributed by atoms with van der Waals surface area (Å²) in [5, 5.41) is 15.7. The number of thioether (sulfide) groups is 1. The number of ether oxygens (including phenoxy) is 1. The Balaban J connectivity index is 1.31. The Bertz CT molecular complexity index is 1360. The number of hydrogen-bond donors (Lipinski definition) is 2. The van der Waals surface area contributed by atoms with Crippen molar-refractivity contribution in [2.45, 2.75) is 17.1 Å². The first-order valence-corrected chi connectivity index (χ1v) is 13.2. The molecule has 0 aliphatic carbocycles. The zero-order valence-corrected chi connectivity index (χ0v) is 21.8. The van der Waals surface area contributed by atoms with E-state index in [2.05, 4.69) is 20.8 Å². The molecule has 10 heteroatoms. The number of carbonyl (C=O) groups excluding carboxylic acids is 2. The van der Waals surface area contributed by atoms with E-state index in [1.807, 2.05) is 42.5 Å². The molecular weight excluding hydrogens is 516 g/mol. The third kappa shape index (κ3) is 6.84. The molecule has 36 heavy (non-hydrogen) atoms. The molecule has 7 nitrogen and oxygen atoms in total. The van der Waals surface area contributed by atoms with Crippen LogP contribution in [0.2, 0.25) is 5.02 Å². The van der Waals surface area contributed by atoms with Crippen molar-refractivity contribution >= 4 is 51.6 Å². The molecule has 0 unspecified atom stereocenters. The summed E-state index contributed by atoms with van der Waals surface area (Å²) in [6.07, 6.45) is 0.494. The van der Waals surface area contributed by atoms with Crippen molar-refractivity contribution in [3.8, 4) is 5.75 Å². The fourth-order valence-corrected chi connectivity index (χ4v) is 5.34.